The molecule has 1 N–H and O–H groups in total. The second-order valence-corrected chi connectivity index (χ2v) is 10.0. The van der Waals surface area contributed by atoms with Crippen molar-refractivity contribution in [3.63, 3.8) is 0 Å². The predicted molar refractivity (Wildman–Crippen MR) is 122 cm³/mol. The van der Waals surface area contributed by atoms with Gasteiger partial charge in [0.15, 0.2) is 11.5 Å². The lowest BCUT2D eigenvalue weighted by molar-refractivity contribution is -0.134. The van der Waals surface area contributed by atoms with E-state index in [0.29, 0.717) is 31.9 Å². The SMILES string of the molecule is COc1ccc(S(=O)(=O)N[C@H](C)C(=O)N2CCN(Cc3ccc4c(c3)OCO4)CC2)cc1Cl. The summed E-state index contributed by atoms with van der Waals surface area (Å²) in [7, 11) is -2.47. The number of benzene rings is 2. The quantitative estimate of drug-likeness (QED) is 0.628. The highest BCUT2D eigenvalue weighted by Gasteiger charge is 2.29. The van der Waals surface area contributed by atoms with Gasteiger partial charge in [0.2, 0.25) is 22.7 Å². The highest BCUT2D eigenvalue weighted by atomic mass is 35.5. The number of hydrogen-bond acceptors (Lipinski definition) is 7. The van der Waals surface area contributed by atoms with E-state index in [0.717, 1.165) is 23.6 Å². The zero-order valence-electron chi connectivity index (χ0n) is 18.4. The zero-order chi connectivity index (χ0) is 23.6. The molecule has 2 heterocycles. The predicted octanol–water partition coefficient (Wildman–Crippen LogP) is 2.09. The molecule has 0 bridgehead atoms. The van der Waals surface area contributed by atoms with E-state index in [-0.39, 0.29) is 22.6 Å². The van der Waals surface area contributed by atoms with E-state index in [1.807, 2.05) is 18.2 Å². The van der Waals surface area contributed by atoms with Gasteiger partial charge in [0.05, 0.1) is 23.1 Å². The standard InChI is InChI=1S/C22H26ClN3O6S/c1-15(24-33(28,29)17-4-6-19(30-2)18(23)12-17)22(27)26-9-7-25(8-10-26)13-16-3-5-20-21(11-16)32-14-31-20/h3-6,11-12,15,24H,7-10,13-14H2,1-2H3/t15-/m1/s1. The first-order chi connectivity index (χ1) is 15.8. The van der Waals surface area contributed by atoms with Gasteiger partial charge in [-0.1, -0.05) is 17.7 Å². The van der Waals surface area contributed by atoms with Crippen LogP contribution in [0.4, 0.5) is 0 Å². The smallest absolute Gasteiger partial charge is 0.241 e. The maximum absolute atomic E-state index is 12.9. The Kier molecular flexibility index (Phi) is 6.99. The molecule has 0 saturated carbocycles. The molecule has 178 valence electrons. The van der Waals surface area contributed by atoms with Gasteiger partial charge in [-0.3, -0.25) is 9.69 Å². The van der Waals surface area contributed by atoms with Crippen LogP contribution in [0, 0.1) is 0 Å². The molecule has 1 amide bonds. The maximum atomic E-state index is 12.9. The van der Waals surface area contributed by atoms with Gasteiger partial charge in [-0.15, -0.1) is 0 Å². The number of nitrogens with zero attached hydrogens (tertiary/aromatic N) is 2. The number of hydrogen-bond donors (Lipinski definition) is 1. The van der Waals surface area contributed by atoms with Gasteiger partial charge in [-0.05, 0) is 42.8 Å². The number of rotatable bonds is 7. The van der Waals surface area contributed by atoms with Crippen molar-refractivity contribution in [3.8, 4) is 17.2 Å². The average Bonchev–Trinajstić information content (AvgIpc) is 3.26. The molecule has 4 rings (SSSR count). The van der Waals surface area contributed by atoms with E-state index >= 15 is 0 Å². The van der Waals surface area contributed by atoms with E-state index in [4.69, 9.17) is 25.8 Å². The van der Waals surface area contributed by atoms with Crippen molar-refractivity contribution >= 4 is 27.5 Å². The molecular formula is C22H26ClN3O6S. The number of methoxy groups -OCH3 is 1. The summed E-state index contributed by atoms with van der Waals surface area (Å²) >= 11 is 6.05. The summed E-state index contributed by atoms with van der Waals surface area (Å²) in [4.78, 5) is 16.8. The minimum atomic E-state index is -3.92. The summed E-state index contributed by atoms with van der Waals surface area (Å²) < 4.78 is 43.7. The number of carbonyl (C=O) groups is 1. The molecule has 2 aromatic rings. The molecule has 0 unspecified atom stereocenters. The second-order valence-electron chi connectivity index (χ2n) is 7.93. The van der Waals surface area contributed by atoms with Gasteiger partial charge in [0.25, 0.3) is 0 Å². The van der Waals surface area contributed by atoms with E-state index in [1.54, 1.807) is 11.8 Å². The number of amides is 1. The number of halogens is 1. The Morgan fingerprint density at radius 3 is 2.55 bits per heavy atom. The fraction of sp³-hybridized carbons (Fsp3) is 0.409. The topological polar surface area (TPSA) is 97.4 Å². The lowest BCUT2D eigenvalue weighted by Crippen LogP contribution is -2.53. The van der Waals surface area contributed by atoms with Crippen LogP contribution < -0.4 is 18.9 Å². The molecule has 2 aliphatic heterocycles. The highest BCUT2D eigenvalue weighted by molar-refractivity contribution is 7.89. The van der Waals surface area contributed by atoms with E-state index in [2.05, 4.69) is 9.62 Å². The van der Waals surface area contributed by atoms with Gasteiger partial charge in [0.1, 0.15) is 5.75 Å². The van der Waals surface area contributed by atoms with Crippen molar-refractivity contribution in [2.75, 3.05) is 40.1 Å². The zero-order valence-corrected chi connectivity index (χ0v) is 20.0. The van der Waals surface area contributed by atoms with Gasteiger partial charge in [0, 0.05) is 32.7 Å². The Hall–Kier alpha value is -2.53. The molecular weight excluding hydrogens is 470 g/mol. The lowest BCUT2D eigenvalue weighted by atomic mass is 10.1. The molecule has 2 aromatic carbocycles. The minimum Gasteiger partial charge on any atom is -0.495 e. The van der Waals surface area contributed by atoms with Crippen molar-refractivity contribution in [1.82, 2.24) is 14.5 Å². The Labute approximate surface area is 198 Å². The van der Waals surface area contributed by atoms with Gasteiger partial charge in [-0.25, -0.2) is 8.42 Å². The third-order valence-corrected chi connectivity index (χ3v) is 7.50. The molecule has 0 spiro atoms. The number of piperazine rings is 1. The average molecular weight is 496 g/mol. The molecule has 0 aromatic heterocycles. The Balaban J connectivity index is 1.31. The molecule has 0 radical (unpaired) electrons. The first kappa shape index (κ1) is 23.6. The van der Waals surface area contributed by atoms with Crippen LogP contribution in [0.25, 0.3) is 0 Å². The number of fused-ring (bicyclic) bond motifs is 1. The Morgan fingerprint density at radius 2 is 1.85 bits per heavy atom. The molecule has 0 aliphatic carbocycles. The number of carbonyl (C=O) groups excluding carboxylic acids is 1. The molecule has 11 heteroatoms. The molecule has 33 heavy (non-hydrogen) atoms. The summed E-state index contributed by atoms with van der Waals surface area (Å²) in [6.07, 6.45) is 0. The van der Waals surface area contributed by atoms with Crippen LogP contribution in [0.3, 0.4) is 0 Å². The van der Waals surface area contributed by atoms with Crippen LogP contribution in [0.2, 0.25) is 5.02 Å². The molecule has 1 atom stereocenters. The first-order valence-electron chi connectivity index (χ1n) is 10.5. The summed E-state index contributed by atoms with van der Waals surface area (Å²) in [5.74, 6) is 1.61. The van der Waals surface area contributed by atoms with Gasteiger partial charge >= 0.3 is 0 Å². The number of nitrogens with one attached hydrogen (secondary N) is 1. The molecule has 1 fully saturated rings. The van der Waals surface area contributed by atoms with Crippen molar-refractivity contribution < 1.29 is 27.4 Å². The van der Waals surface area contributed by atoms with Crippen LogP contribution in [0.5, 0.6) is 17.2 Å². The van der Waals surface area contributed by atoms with Crippen LogP contribution >= 0.6 is 11.6 Å². The van der Waals surface area contributed by atoms with Crippen LogP contribution in [0.1, 0.15) is 12.5 Å². The largest absolute Gasteiger partial charge is 0.495 e. The van der Waals surface area contributed by atoms with Crippen LogP contribution in [-0.2, 0) is 21.4 Å². The van der Waals surface area contributed by atoms with Crippen molar-refractivity contribution in [2.24, 2.45) is 0 Å². The number of sulfonamides is 1. The summed E-state index contributed by atoms with van der Waals surface area (Å²) in [5, 5.41) is 0.179. The molecule has 9 nitrogen and oxygen atoms in total. The van der Waals surface area contributed by atoms with Crippen molar-refractivity contribution in [1.29, 1.82) is 0 Å². The third-order valence-electron chi connectivity index (χ3n) is 5.66. The fourth-order valence-corrected chi connectivity index (χ4v) is 5.41. The minimum absolute atomic E-state index is 0.0264. The van der Waals surface area contributed by atoms with Gasteiger partial charge in [-0.2, -0.15) is 4.72 Å². The molecule has 1 saturated heterocycles. The summed E-state index contributed by atoms with van der Waals surface area (Å²) in [6, 6.07) is 9.14. The van der Waals surface area contributed by atoms with E-state index in [1.165, 1.54) is 25.3 Å². The summed E-state index contributed by atoms with van der Waals surface area (Å²) in [6.45, 7) is 4.94. The van der Waals surface area contributed by atoms with Crippen LogP contribution in [0.15, 0.2) is 41.3 Å². The van der Waals surface area contributed by atoms with E-state index < -0.39 is 16.1 Å². The molecule has 2 aliphatic rings. The second kappa shape index (κ2) is 9.76. The van der Waals surface area contributed by atoms with Crippen molar-refractivity contribution in [2.45, 2.75) is 24.4 Å². The van der Waals surface area contributed by atoms with Gasteiger partial charge < -0.3 is 19.1 Å². The van der Waals surface area contributed by atoms with E-state index in [9.17, 15) is 13.2 Å². The first-order valence-corrected chi connectivity index (χ1v) is 12.4. The third kappa shape index (κ3) is 5.35. The Bertz CT molecular complexity index is 1130. The maximum Gasteiger partial charge on any atom is 0.241 e. The highest BCUT2D eigenvalue weighted by Crippen LogP contribution is 2.33. The van der Waals surface area contributed by atoms with Crippen molar-refractivity contribution in [3.05, 3.63) is 47.0 Å². The number of ether oxygens (including phenoxy) is 3. The monoisotopic (exact) mass is 495 g/mol. The van der Waals surface area contributed by atoms with Crippen LogP contribution in [-0.4, -0.2) is 70.2 Å². The summed E-state index contributed by atoms with van der Waals surface area (Å²) in [5.41, 5.74) is 1.11. The lowest BCUT2D eigenvalue weighted by Gasteiger charge is -2.36. The normalized spacial score (nSPS) is 17.1. The Morgan fingerprint density at radius 1 is 1.12 bits per heavy atom. The fourth-order valence-electron chi connectivity index (χ4n) is 3.86.